The molecule has 5 heteroatoms. The summed E-state index contributed by atoms with van der Waals surface area (Å²) in [6.45, 7) is 7.00. The highest BCUT2D eigenvalue weighted by molar-refractivity contribution is 5.80. The maximum absolute atomic E-state index is 13.0. The molecule has 2 unspecified atom stereocenters. The van der Waals surface area contributed by atoms with E-state index in [1.54, 1.807) is 12.1 Å². The summed E-state index contributed by atoms with van der Waals surface area (Å²) in [5.41, 5.74) is 1.03. The van der Waals surface area contributed by atoms with Gasteiger partial charge in [0.05, 0.1) is 5.92 Å². The van der Waals surface area contributed by atoms with Crippen molar-refractivity contribution >= 4 is 11.6 Å². The number of piperazine rings is 1. The van der Waals surface area contributed by atoms with Gasteiger partial charge in [0.1, 0.15) is 5.82 Å². The van der Waals surface area contributed by atoms with Crippen molar-refractivity contribution in [1.82, 2.24) is 10.2 Å². The number of anilines is 1. The van der Waals surface area contributed by atoms with Gasteiger partial charge in [-0.25, -0.2) is 4.39 Å². The van der Waals surface area contributed by atoms with Crippen LogP contribution in [0.2, 0.25) is 0 Å². The van der Waals surface area contributed by atoms with Crippen molar-refractivity contribution in [1.29, 1.82) is 0 Å². The second-order valence-corrected chi connectivity index (χ2v) is 6.03. The smallest absolute Gasteiger partial charge is 0.227 e. The Morgan fingerprint density at radius 1 is 1.14 bits per heavy atom. The largest absolute Gasteiger partial charge is 0.368 e. The Morgan fingerprint density at radius 2 is 1.81 bits per heavy atom. The van der Waals surface area contributed by atoms with Crippen molar-refractivity contribution in [3.05, 3.63) is 30.1 Å². The van der Waals surface area contributed by atoms with Gasteiger partial charge < -0.3 is 15.1 Å². The molecule has 114 valence electrons. The summed E-state index contributed by atoms with van der Waals surface area (Å²) in [4.78, 5) is 16.7. The first kappa shape index (κ1) is 14.3. The van der Waals surface area contributed by atoms with E-state index in [1.165, 1.54) is 12.1 Å². The average molecular weight is 291 g/mol. The van der Waals surface area contributed by atoms with Crippen LogP contribution >= 0.6 is 0 Å². The van der Waals surface area contributed by atoms with Gasteiger partial charge in [-0.3, -0.25) is 4.79 Å². The van der Waals surface area contributed by atoms with Crippen molar-refractivity contribution in [3.63, 3.8) is 0 Å². The number of carbonyl (C=O) groups is 1. The van der Waals surface area contributed by atoms with Crippen LogP contribution in [0.4, 0.5) is 10.1 Å². The van der Waals surface area contributed by atoms with Crippen LogP contribution in [0.5, 0.6) is 0 Å². The molecule has 1 aromatic carbocycles. The van der Waals surface area contributed by atoms with Crippen molar-refractivity contribution in [2.45, 2.75) is 6.92 Å². The fourth-order valence-electron chi connectivity index (χ4n) is 3.21. The van der Waals surface area contributed by atoms with Crippen molar-refractivity contribution < 1.29 is 9.18 Å². The van der Waals surface area contributed by atoms with E-state index in [4.69, 9.17) is 0 Å². The second kappa shape index (κ2) is 6.02. The zero-order valence-corrected chi connectivity index (χ0v) is 12.4. The SMILES string of the molecule is CC1CNCC1C(=O)N1CCN(c2ccc(F)cc2)CC1. The summed E-state index contributed by atoms with van der Waals surface area (Å²) < 4.78 is 13.0. The molecule has 1 N–H and O–H groups in total. The predicted molar refractivity (Wildman–Crippen MR) is 80.7 cm³/mol. The number of carbonyl (C=O) groups excluding carboxylic acids is 1. The van der Waals surface area contributed by atoms with Crippen LogP contribution in [0.15, 0.2) is 24.3 Å². The molecule has 4 nitrogen and oxygen atoms in total. The number of hydrogen-bond acceptors (Lipinski definition) is 3. The van der Waals surface area contributed by atoms with Gasteiger partial charge in [-0.05, 0) is 36.7 Å². The van der Waals surface area contributed by atoms with Gasteiger partial charge in [0.15, 0.2) is 0 Å². The summed E-state index contributed by atoms with van der Waals surface area (Å²) >= 11 is 0. The maximum atomic E-state index is 13.0. The first-order valence-electron chi connectivity index (χ1n) is 7.65. The van der Waals surface area contributed by atoms with Crippen molar-refractivity contribution in [3.8, 4) is 0 Å². The number of halogens is 1. The standard InChI is InChI=1S/C16H22FN3O/c1-12-10-18-11-15(12)16(21)20-8-6-19(7-9-20)14-4-2-13(17)3-5-14/h2-5,12,15,18H,6-11H2,1H3. The zero-order chi connectivity index (χ0) is 14.8. The van der Waals surface area contributed by atoms with Crippen LogP contribution < -0.4 is 10.2 Å². The average Bonchev–Trinajstić information content (AvgIpc) is 2.94. The lowest BCUT2D eigenvalue weighted by molar-refractivity contribution is -0.136. The first-order valence-corrected chi connectivity index (χ1v) is 7.65. The van der Waals surface area contributed by atoms with Gasteiger partial charge in [-0.1, -0.05) is 6.92 Å². The number of benzene rings is 1. The molecule has 21 heavy (non-hydrogen) atoms. The second-order valence-electron chi connectivity index (χ2n) is 6.03. The Kier molecular flexibility index (Phi) is 4.10. The molecule has 0 spiro atoms. The molecule has 2 atom stereocenters. The van der Waals surface area contributed by atoms with E-state index in [1.807, 2.05) is 4.90 Å². The van der Waals surface area contributed by atoms with Crippen LogP contribution in [0.1, 0.15) is 6.92 Å². The molecule has 1 amide bonds. The molecule has 2 aliphatic rings. The van der Waals surface area contributed by atoms with E-state index in [-0.39, 0.29) is 17.6 Å². The third kappa shape index (κ3) is 3.02. The van der Waals surface area contributed by atoms with Gasteiger partial charge in [0.25, 0.3) is 0 Å². The third-order valence-electron chi connectivity index (χ3n) is 4.62. The summed E-state index contributed by atoms with van der Waals surface area (Å²) in [5, 5.41) is 3.29. The number of amides is 1. The van der Waals surface area contributed by atoms with Gasteiger partial charge in [-0.2, -0.15) is 0 Å². The van der Waals surface area contributed by atoms with E-state index in [0.717, 1.165) is 45.0 Å². The summed E-state index contributed by atoms with van der Waals surface area (Å²) in [6.07, 6.45) is 0. The quantitative estimate of drug-likeness (QED) is 0.893. The predicted octanol–water partition coefficient (Wildman–Crippen LogP) is 1.33. The minimum Gasteiger partial charge on any atom is -0.368 e. The van der Waals surface area contributed by atoms with Crippen LogP contribution in [0.3, 0.4) is 0 Å². The Hall–Kier alpha value is -1.62. The number of nitrogens with zero attached hydrogens (tertiary/aromatic N) is 2. The van der Waals surface area contributed by atoms with Crippen molar-refractivity contribution in [2.75, 3.05) is 44.2 Å². The topological polar surface area (TPSA) is 35.6 Å². The number of rotatable bonds is 2. The summed E-state index contributed by atoms with van der Waals surface area (Å²) in [5.74, 6) is 0.622. The summed E-state index contributed by atoms with van der Waals surface area (Å²) in [7, 11) is 0. The molecule has 0 bridgehead atoms. The van der Waals surface area contributed by atoms with Crippen LogP contribution in [-0.4, -0.2) is 50.1 Å². The lowest BCUT2D eigenvalue weighted by Crippen LogP contribution is -2.51. The van der Waals surface area contributed by atoms with Gasteiger partial charge in [-0.15, -0.1) is 0 Å². The van der Waals surface area contributed by atoms with Gasteiger partial charge in [0, 0.05) is 38.4 Å². The maximum Gasteiger partial charge on any atom is 0.227 e. The third-order valence-corrected chi connectivity index (χ3v) is 4.62. The molecular formula is C16H22FN3O. The van der Waals surface area contributed by atoms with E-state index in [2.05, 4.69) is 17.1 Å². The van der Waals surface area contributed by atoms with E-state index < -0.39 is 0 Å². The monoisotopic (exact) mass is 291 g/mol. The highest BCUT2D eigenvalue weighted by atomic mass is 19.1. The number of nitrogens with one attached hydrogen (secondary N) is 1. The minimum absolute atomic E-state index is 0.127. The molecule has 2 aliphatic heterocycles. The Morgan fingerprint density at radius 3 is 2.38 bits per heavy atom. The molecule has 0 aliphatic carbocycles. The van der Waals surface area contributed by atoms with E-state index in [9.17, 15) is 9.18 Å². The highest BCUT2D eigenvalue weighted by Gasteiger charge is 2.33. The fraction of sp³-hybridized carbons (Fsp3) is 0.562. The molecule has 0 aromatic heterocycles. The molecule has 2 heterocycles. The zero-order valence-electron chi connectivity index (χ0n) is 12.4. The Balaban J connectivity index is 1.57. The highest BCUT2D eigenvalue weighted by Crippen LogP contribution is 2.21. The van der Waals surface area contributed by atoms with Gasteiger partial charge in [0.2, 0.25) is 5.91 Å². The molecule has 3 rings (SSSR count). The molecule has 0 saturated carbocycles. The summed E-state index contributed by atoms with van der Waals surface area (Å²) in [6, 6.07) is 6.57. The van der Waals surface area contributed by atoms with Gasteiger partial charge >= 0.3 is 0 Å². The first-order chi connectivity index (χ1) is 10.1. The molecular weight excluding hydrogens is 269 g/mol. The fourth-order valence-corrected chi connectivity index (χ4v) is 3.21. The molecule has 0 radical (unpaired) electrons. The van der Waals surface area contributed by atoms with Crippen LogP contribution in [-0.2, 0) is 4.79 Å². The lowest BCUT2D eigenvalue weighted by atomic mass is 9.96. The molecule has 1 aromatic rings. The van der Waals surface area contributed by atoms with Crippen molar-refractivity contribution in [2.24, 2.45) is 11.8 Å². The molecule has 2 fully saturated rings. The Labute approximate surface area is 124 Å². The minimum atomic E-state index is -0.213. The van der Waals surface area contributed by atoms with E-state index in [0.29, 0.717) is 5.92 Å². The van der Waals surface area contributed by atoms with Crippen LogP contribution in [0.25, 0.3) is 0 Å². The van der Waals surface area contributed by atoms with E-state index >= 15 is 0 Å². The molecule has 2 saturated heterocycles. The number of hydrogen-bond donors (Lipinski definition) is 1. The normalized spacial score (nSPS) is 26.2. The lowest BCUT2D eigenvalue weighted by Gasteiger charge is -2.37. The Bertz CT molecular complexity index is 497. The van der Waals surface area contributed by atoms with Crippen LogP contribution in [0, 0.1) is 17.7 Å².